The van der Waals surface area contributed by atoms with Crippen LogP contribution in [-0.4, -0.2) is 66.6 Å². The maximum Gasteiger partial charge on any atom is 0.181 e. The van der Waals surface area contributed by atoms with Crippen molar-refractivity contribution in [1.82, 2.24) is 14.9 Å². The number of aliphatic hydroxyl groups is 1. The van der Waals surface area contributed by atoms with E-state index in [1.165, 1.54) is 32.1 Å². The Kier molecular flexibility index (Phi) is 5.58. The van der Waals surface area contributed by atoms with Crippen LogP contribution in [0.25, 0.3) is 11.0 Å². The van der Waals surface area contributed by atoms with Crippen molar-refractivity contribution in [2.45, 2.75) is 62.7 Å². The third kappa shape index (κ3) is 3.45. The summed E-state index contributed by atoms with van der Waals surface area (Å²) < 4.78 is 24.9. The van der Waals surface area contributed by atoms with Gasteiger partial charge in [-0.3, -0.25) is 0 Å². The Morgan fingerprint density at radius 1 is 1.17 bits per heavy atom. The van der Waals surface area contributed by atoms with Gasteiger partial charge in [0, 0.05) is 12.1 Å². The Bertz CT molecular complexity index is 881. The van der Waals surface area contributed by atoms with E-state index >= 15 is 0 Å². The quantitative estimate of drug-likeness (QED) is 0.745. The fourth-order valence-corrected chi connectivity index (χ4v) is 5.24. The van der Waals surface area contributed by atoms with Crippen molar-refractivity contribution < 1.29 is 24.1 Å². The third-order valence-corrected chi connectivity index (χ3v) is 6.90. The lowest BCUT2D eigenvalue weighted by molar-refractivity contribution is -0.164. The molecule has 8 heteroatoms. The number of aliphatic hydroxyl groups excluding tert-OH is 1. The van der Waals surface area contributed by atoms with Gasteiger partial charge in [-0.25, -0.2) is 4.98 Å². The summed E-state index contributed by atoms with van der Waals surface area (Å²) in [6.07, 6.45) is 6.94. The molecular weight excluding hydrogens is 386 g/mol. The summed E-state index contributed by atoms with van der Waals surface area (Å²) in [4.78, 5) is 4.52. The summed E-state index contributed by atoms with van der Waals surface area (Å²) in [5, 5.41) is 15.0. The molecule has 164 valence electrons. The average molecular weight is 418 g/mol. The highest BCUT2D eigenvalue weighted by Crippen LogP contribution is 2.39. The summed E-state index contributed by atoms with van der Waals surface area (Å²) in [6.45, 7) is 1.40. The highest BCUT2D eigenvalue weighted by molar-refractivity contribution is 5.80. The summed E-state index contributed by atoms with van der Waals surface area (Å²) >= 11 is 0. The highest BCUT2D eigenvalue weighted by atomic mass is 16.7. The molecule has 1 aliphatic carbocycles. The molecule has 2 aliphatic heterocycles. The molecule has 30 heavy (non-hydrogen) atoms. The van der Waals surface area contributed by atoms with E-state index in [1.807, 2.05) is 16.7 Å². The summed E-state index contributed by atoms with van der Waals surface area (Å²) in [5.74, 6) is 1.92. The predicted octanol–water partition coefficient (Wildman–Crippen LogP) is 2.25. The number of imidazole rings is 1. The molecule has 3 aliphatic rings. The predicted molar refractivity (Wildman–Crippen MR) is 111 cm³/mol. The molecule has 2 bridgehead atoms. The number of ether oxygens (including phenoxy) is 4. The van der Waals surface area contributed by atoms with Gasteiger partial charge in [-0.2, -0.15) is 0 Å². The van der Waals surface area contributed by atoms with Gasteiger partial charge in [0.1, 0.15) is 12.1 Å². The molecule has 0 spiro atoms. The number of rotatable bonds is 6. The topological polar surface area (TPSA) is 87.0 Å². The van der Waals surface area contributed by atoms with Gasteiger partial charge >= 0.3 is 0 Å². The Hall–Kier alpha value is -1.87. The SMILES string of the molecule is COc1cc2ncn([C@H]3[C@@H]4OC[C@@H](O4)[C@@H](NCC4CCCCC4)[C@@H]3O)c2cc1OC. The van der Waals surface area contributed by atoms with Crippen LogP contribution in [0.5, 0.6) is 11.5 Å². The molecule has 3 fully saturated rings. The normalized spacial score (nSPS) is 31.9. The monoisotopic (exact) mass is 417 g/mol. The van der Waals surface area contributed by atoms with Crippen LogP contribution < -0.4 is 14.8 Å². The van der Waals surface area contributed by atoms with Gasteiger partial charge in [0.25, 0.3) is 0 Å². The van der Waals surface area contributed by atoms with E-state index < -0.39 is 18.4 Å². The molecule has 2 aromatic rings. The van der Waals surface area contributed by atoms with E-state index in [9.17, 15) is 5.11 Å². The molecule has 8 nitrogen and oxygen atoms in total. The highest BCUT2D eigenvalue weighted by Gasteiger charge is 2.51. The van der Waals surface area contributed by atoms with E-state index in [1.54, 1.807) is 20.5 Å². The third-order valence-electron chi connectivity index (χ3n) is 6.90. The number of nitrogens with zero attached hydrogens (tertiary/aromatic N) is 2. The van der Waals surface area contributed by atoms with Gasteiger partial charge in [0.15, 0.2) is 17.8 Å². The summed E-state index contributed by atoms with van der Waals surface area (Å²) in [7, 11) is 3.22. The number of methoxy groups -OCH3 is 2. The van der Waals surface area contributed by atoms with Crippen molar-refractivity contribution in [2.24, 2.45) is 5.92 Å². The van der Waals surface area contributed by atoms with Gasteiger partial charge in [-0.15, -0.1) is 0 Å². The zero-order chi connectivity index (χ0) is 20.7. The van der Waals surface area contributed by atoms with Crippen LogP contribution in [0.1, 0.15) is 38.1 Å². The minimum absolute atomic E-state index is 0.130. The molecule has 5 rings (SSSR count). The van der Waals surface area contributed by atoms with E-state index in [2.05, 4.69) is 10.3 Å². The second kappa shape index (κ2) is 8.34. The van der Waals surface area contributed by atoms with Gasteiger partial charge in [-0.05, 0) is 25.3 Å². The van der Waals surface area contributed by atoms with Gasteiger partial charge in [0.05, 0.1) is 50.3 Å². The lowest BCUT2D eigenvalue weighted by atomic mass is 9.88. The van der Waals surface area contributed by atoms with Crippen LogP contribution in [0, 0.1) is 5.92 Å². The van der Waals surface area contributed by atoms with Gasteiger partial charge in [-0.1, -0.05) is 19.3 Å². The molecule has 5 atom stereocenters. The largest absolute Gasteiger partial charge is 0.493 e. The average Bonchev–Trinajstić information content (AvgIpc) is 3.39. The van der Waals surface area contributed by atoms with E-state index in [0.29, 0.717) is 24.0 Å². The maximum atomic E-state index is 11.4. The Morgan fingerprint density at radius 2 is 1.93 bits per heavy atom. The van der Waals surface area contributed by atoms with Crippen LogP contribution in [0.15, 0.2) is 18.5 Å². The number of aromatic nitrogens is 2. The van der Waals surface area contributed by atoms with Gasteiger partial charge in [0.2, 0.25) is 0 Å². The zero-order valence-corrected chi connectivity index (χ0v) is 17.6. The van der Waals surface area contributed by atoms with Crippen LogP contribution in [0.2, 0.25) is 0 Å². The number of hydrogen-bond acceptors (Lipinski definition) is 7. The van der Waals surface area contributed by atoms with Crippen LogP contribution in [-0.2, 0) is 9.47 Å². The molecular formula is C22H31N3O5. The van der Waals surface area contributed by atoms with Crippen LogP contribution >= 0.6 is 0 Å². The molecule has 1 aromatic carbocycles. The fourth-order valence-electron chi connectivity index (χ4n) is 5.24. The van der Waals surface area contributed by atoms with Crippen molar-refractivity contribution in [3.05, 3.63) is 18.5 Å². The van der Waals surface area contributed by atoms with Crippen molar-refractivity contribution in [1.29, 1.82) is 0 Å². The first-order chi connectivity index (χ1) is 14.7. The van der Waals surface area contributed by atoms with Crippen LogP contribution in [0.3, 0.4) is 0 Å². The molecule has 2 N–H and O–H groups in total. The van der Waals surface area contributed by atoms with Gasteiger partial charge < -0.3 is 33.9 Å². The first kappa shape index (κ1) is 20.1. The Morgan fingerprint density at radius 3 is 2.70 bits per heavy atom. The Balaban J connectivity index is 1.42. The van der Waals surface area contributed by atoms with Crippen molar-refractivity contribution in [3.8, 4) is 11.5 Å². The fraction of sp³-hybridized carbons (Fsp3) is 0.682. The minimum Gasteiger partial charge on any atom is -0.493 e. The minimum atomic E-state index is -0.648. The molecule has 0 amide bonds. The molecule has 3 heterocycles. The number of hydrogen-bond donors (Lipinski definition) is 2. The smallest absolute Gasteiger partial charge is 0.181 e. The van der Waals surface area contributed by atoms with Crippen molar-refractivity contribution in [2.75, 3.05) is 27.4 Å². The van der Waals surface area contributed by atoms with Crippen LogP contribution in [0.4, 0.5) is 0 Å². The number of fused-ring (bicyclic) bond motifs is 3. The summed E-state index contributed by atoms with van der Waals surface area (Å²) in [6, 6.07) is 3.17. The number of benzene rings is 1. The second-order valence-corrected chi connectivity index (χ2v) is 8.64. The number of nitrogens with one attached hydrogen (secondary N) is 1. The maximum absolute atomic E-state index is 11.4. The lowest BCUT2D eigenvalue weighted by Gasteiger charge is -2.40. The molecule has 0 radical (unpaired) electrons. The molecule has 1 saturated carbocycles. The van der Waals surface area contributed by atoms with Crippen molar-refractivity contribution >= 4 is 11.0 Å². The van der Waals surface area contributed by atoms with E-state index in [4.69, 9.17) is 18.9 Å². The molecule has 1 aromatic heterocycles. The first-order valence-corrected chi connectivity index (χ1v) is 11.0. The Labute approximate surface area is 176 Å². The first-order valence-electron chi connectivity index (χ1n) is 11.0. The van der Waals surface area contributed by atoms with E-state index in [-0.39, 0.29) is 12.1 Å². The second-order valence-electron chi connectivity index (χ2n) is 8.64. The lowest BCUT2D eigenvalue weighted by Crippen LogP contribution is -2.58. The van der Waals surface area contributed by atoms with E-state index in [0.717, 1.165) is 17.6 Å². The molecule has 0 unspecified atom stereocenters. The molecule has 2 saturated heterocycles. The standard InChI is InChI=1S/C22H31N3O5/c1-27-16-8-14-15(9-17(16)28-2)25(12-24-14)20-21(26)19(18-11-29-22(20)30-18)23-10-13-6-4-3-5-7-13/h8-9,12-13,18-23,26H,3-7,10-11H2,1-2H3/t18-,19-,20-,21+,22-/m1/s1. The van der Waals surface area contributed by atoms with Crippen molar-refractivity contribution in [3.63, 3.8) is 0 Å². The zero-order valence-electron chi connectivity index (χ0n) is 17.6. The summed E-state index contributed by atoms with van der Waals surface area (Å²) in [5.41, 5.74) is 1.62.